The first-order chi connectivity index (χ1) is 12.5. The summed E-state index contributed by atoms with van der Waals surface area (Å²) in [5, 5.41) is 3.88. The Balaban J connectivity index is 1.67. The van der Waals surface area contributed by atoms with Gasteiger partial charge in [-0.25, -0.2) is 13.1 Å². The normalized spacial score (nSPS) is 11.5. The van der Waals surface area contributed by atoms with Crippen molar-refractivity contribution in [3.8, 4) is 17.1 Å². The SMILES string of the molecule is CCOc1ccc(-c2noc(CNS(=O)(=O)c3ccc(Br)cc3)n2)cc1. The molecular formula is C17H16BrN3O4S. The number of rotatable bonds is 7. The summed E-state index contributed by atoms with van der Waals surface area (Å²) < 4.78 is 38.3. The molecule has 1 heterocycles. The molecule has 26 heavy (non-hydrogen) atoms. The van der Waals surface area contributed by atoms with Crippen LogP contribution in [0.5, 0.6) is 5.75 Å². The minimum absolute atomic E-state index is 0.0948. The molecule has 1 aromatic heterocycles. The largest absolute Gasteiger partial charge is 0.494 e. The Labute approximate surface area is 159 Å². The Morgan fingerprint density at radius 3 is 2.46 bits per heavy atom. The predicted molar refractivity (Wildman–Crippen MR) is 99.1 cm³/mol. The summed E-state index contributed by atoms with van der Waals surface area (Å²) >= 11 is 3.27. The van der Waals surface area contributed by atoms with Crippen molar-refractivity contribution in [2.75, 3.05) is 6.61 Å². The minimum Gasteiger partial charge on any atom is -0.494 e. The van der Waals surface area contributed by atoms with Crippen LogP contribution >= 0.6 is 15.9 Å². The average Bonchev–Trinajstić information content (AvgIpc) is 3.11. The van der Waals surface area contributed by atoms with Crippen LogP contribution in [0.15, 0.2) is 62.4 Å². The quantitative estimate of drug-likeness (QED) is 0.608. The third-order valence-corrected chi connectivity index (χ3v) is 5.37. The first-order valence-electron chi connectivity index (χ1n) is 7.79. The Morgan fingerprint density at radius 2 is 1.81 bits per heavy atom. The molecule has 3 aromatic rings. The molecule has 136 valence electrons. The van der Waals surface area contributed by atoms with Crippen LogP contribution < -0.4 is 9.46 Å². The zero-order valence-electron chi connectivity index (χ0n) is 13.8. The van der Waals surface area contributed by atoms with E-state index in [1.54, 1.807) is 12.1 Å². The highest BCUT2D eigenvalue weighted by molar-refractivity contribution is 9.10. The van der Waals surface area contributed by atoms with Crippen molar-refractivity contribution in [2.24, 2.45) is 0 Å². The van der Waals surface area contributed by atoms with Crippen LogP contribution in [0.1, 0.15) is 12.8 Å². The number of ether oxygens (including phenoxy) is 1. The number of benzene rings is 2. The maximum absolute atomic E-state index is 12.3. The van der Waals surface area contributed by atoms with Crippen molar-refractivity contribution in [3.63, 3.8) is 0 Å². The minimum atomic E-state index is -3.66. The lowest BCUT2D eigenvalue weighted by Gasteiger charge is -2.04. The molecule has 0 saturated heterocycles. The molecule has 9 heteroatoms. The highest BCUT2D eigenvalue weighted by atomic mass is 79.9. The number of halogens is 1. The Kier molecular flexibility index (Phi) is 5.70. The fourth-order valence-corrected chi connectivity index (χ4v) is 3.40. The number of hydrogen-bond donors (Lipinski definition) is 1. The summed E-state index contributed by atoms with van der Waals surface area (Å²) in [4.78, 5) is 4.37. The van der Waals surface area contributed by atoms with Crippen LogP contribution in [0.3, 0.4) is 0 Å². The van der Waals surface area contributed by atoms with Gasteiger partial charge in [-0.2, -0.15) is 4.98 Å². The Hall–Kier alpha value is -2.23. The first-order valence-corrected chi connectivity index (χ1v) is 10.1. The van der Waals surface area contributed by atoms with Crippen LogP contribution in [0.25, 0.3) is 11.4 Å². The Bertz CT molecular complexity index is 970. The second kappa shape index (κ2) is 7.98. The summed E-state index contributed by atoms with van der Waals surface area (Å²) in [5.74, 6) is 1.31. The molecule has 0 bridgehead atoms. The van der Waals surface area contributed by atoms with Gasteiger partial charge in [-0.3, -0.25) is 0 Å². The molecule has 2 aromatic carbocycles. The van der Waals surface area contributed by atoms with Crippen LogP contribution in [0, 0.1) is 0 Å². The van der Waals surface area contributed by atoms with E-state index in [4.69, 9.17) is 9.26 Å². The third-order valence-electron chi connectivity index (χ3n) is 3.43. The molecule has 0 aliphatic heterocycles. The first kappa shape index (κ1) is 18.6. The molecule has 0 saturated carbocycles. The molecule has 7 nitrogen and oxygen atoms in total. The second-order valence-electron chi connectivity index (χ2n) is 5.25. The van der Waals surface area contributed by atoms with Crippen LogP contribution in [-0.2, 0) is 16.6 Å². The van der Waals surface area contributed by atoms with Crippen molar-refractivity contribution in [1.82, 2.24) is 14.9 Å². The van der Waals surface area contributed by atoms with Gasteiger partial charge in [0.2, 0.25) is 21.7 Å². The summed E-state index contributed by atoms with van der Waals surface area (Å²) in [7, 11) is -3.66. The molecular weight excluding hydrogens is 422 g/mol. The van der Waals surface area contributed by atoms with Crippen LogP contribution in [-0.4, -0.2) is 25.2 Å². The van der Waals surface area contributed by atoms with E-state index in [-0.39, 0.29) is 17.3 Å². The van der Waals surface area contributed by atoms with Gasteiger partial charge in [0.15, 0.2) is 0 Å². The highest BCUT2D eigenvalue weighted by Gasteiger charge is 2.16. The van der Waals surface area contributed by atoms with Crippen LogP contribution in [0.4, 0.5) is 0 Å². The molecule has 0 spiro atoms. The van der Waals surface area contributed by atoms with Crippen LogP contribution in [0.2, 0.25) is 0 Å². The summed E-state index contributed by atoms with van der Waals surface area (Å²) in [5.41, 5.74) is 0.749. The molecule has 0 fully saturated rings. The van der Waals surface area contributed by atoms with Crippen molar-refractivity contribution >= 4 is 26.0 Å². The molecule has 0 amide bonds. The fraction of sp³-hybridized carbons (Fsp3) is 0.176. The molecule has 3 rings (SSSR count). The zero-order chi connectivity index (χ0) is 18.6. The van der Waals surface area contributed by atoms with Gasteiger partial charge in [-0.1, -0.05) is 21.1 Å². The van der Waals surface area contributed by atoms with Crippen molar-refractivity contribution in [1.29, 1.82) is 0 Å². The van der Waals surface area contributed by atoms with Gasteiger partial charge in [0.05, 0.1) is 18.0 Å². The lowest BCUT2D eigenvalue weighted by Crippen LogP contribution is -2.23. The Morgan fingerprint density at radius 1 is 1.12 bits per heavy atom. The average molecular weight is 438 g/mol. The standard InChI is InChI=1S/C17H16BrN3O4S/c1-2-24-14-7-3-12(4-8-14)17-20-16(25-21-17)11-19-26(22,23)15-9-5-13(18)6-10-15/h3-10,19H,2,11H2,1H3. The maximum Gasteiger partial charge on any atom is 0.242 e. The number of hydrogen-bond acceptors (Lipinski definition) is 6. The highest BCUT2D eigenvalue weighted by Crippen LogP contribution is 2.20. The number of aromatic nitrogens is 2. The summed E-state index contributed by atoms with van der Waals surface area (Å²) in [6, 6.07) is 13.6. The zero-order valence-corrected chi connectivity index (χ0v) is 16.2. The topological polar surface area (TPSA) is 94.3 Å². The van der Waals surface area contributed by atoms with Crippen molar-refractivity contribution in [2.45, 2.75) is 18.4 Å². The third kappa shape index (κ3) is 4.48. The lowest BCUT2D eigenvalue weighted by molar-refractivity contribution is 0.340. The summed E-state index contributed by atoms with van der Waals surface area (Å²) in [6.07, 6.45) is 0. The fourth-order valence-electron chi connectivity index (χ4n) is 2.16. The molecule has 0 atom stereocenters. The molecule has 1 N–H and O–H groups in total. The summed E-state index contributed by atoms with van der Waals surface area (Å²) in [6.45, 7) is 2.40. The van der Waals surface area contributed by atoms with E-state index in [2.05, 4.69) is 30.8 Å². The van der Waals surface area contributed by atoms with Gasteiger partial charge >= 0.3 is 0 Å². The smallest absolute Gasteiger partial charge is 0.242 e. The van der Waals surface area contributed by atoms with Crippen molar-refractivity contribution in [3.05, 3.63) is 58.9 Å². The van der Waals surface area contributed by atoms with E-state index in [9.17, 15) is 8.42 Å². The van der Waals surface area contributed by atoms with Gasteiger partial charge in [-0.15, -0.1) is 0 Å². The molecule has 0 aliphatic rings. The van der Waals surface area contributed by atoms with Gasteiger partial charge in [0.25, 0.3) is 0 Å². The van der Waals surface area contributed by atoms with Gasteiger partial charge in [0, 0.05) is 10.0 Å². The van der Waals surface area contributed by atoms with E-state index < -0.39 is 10.0 Å². The van der Waals surface area contributed by atoms with E-state index in [0.717, 1.165) is 15.8 Å². The van der Waals surface area contributed by atoms with E-state index in [1.807, 2.05) is 31.2 Å². The van der Waals surface area contributed by atoms with Gasteiger partial charge in [-0.05, 0) is 55.5 Å². The van der Waals surface area contributed by atoms with Crippen molar-refractivity contribution < 1.29 is 17.7 Å². The second-order valence-corrected chi connectivity index (χ2v) is 7.93. The molecule has 0 radical (unpaired) electrons. The number of sulfonamides is 1. The van der Waals surface area contributed by atoms with Gasteiger partial charge in [0.1, 0.15) is 5.75 Å². The predicted octanol–water partition coefficient (Wildman–Crippen LogP) is 3.38. The van der Waals surface area contributed by atoms with Gasteiger partial charge < -0.3 is 9.26 Å². The molecule has 0 aliphatic carbocycles. The monoisotopic (exact) mass is 437 g/mol. The van der Waals surface area contributed by atoms with E-state index >= 15 is 0 Å². The van der Waals surface area contributed by atoms with E-state index in [1.165, 1.54) is 12.1 Å². The number of nitrogens with zero attached hydrogens (tertiary/aromatic N) is 2. The maximum atomic E-state index is 12.3. The molecule has 0 unspecified atom stereocenters. The van der Waals surface area contributed by atoms with E-state index in [0.29, 0.717) is 12.4 Å². The lowest BCUT2D eigenvalue weighted by atomic mass is 10.2. The number of nitrogens with one attached hydrogen (secondary N) is 1.